The number of ether oxygens (including phenoxy) is 1. The van der Waals surface area contributed by atoms with Crippen molar-refractivity contribution in [1.82, 2.24) is 19.9 Å². The van der Waals surface area contributed by atoms with Gasteiger partial charge < -0.3 is 15.4 Å². The second-order valence-electron chi connectivity index (χ2n) is 7.98. The van der Waals surface area contributed by atoms with E-state index in [-0.39, 0.29) is 5.91 Å². The van der Waals surface area contributed by atoms with Gasteiger partial charge in [-0.25, -0.2) is 4.68 Å². The monoisotopic (exact) mass is 331 g/mol. The lowest BCUT2D eigenvalue weighted by molar-refractivity contribution is 0.0591. The molecule has 1 aromatic rings. The third-order valence-corrected chi connectivity index (χ3v) is 6.58. The lowest BCUT2D eigenvalue weighted by Crippen LogP contribution is -2.31. The molecule has 1 aromatic heterocycles. The number of amides is 1. The van der Waals surface area contributed by atoms with Gasteiger partial charge in [0.05, 0.1) is 24.4 Å². The molecule has 4 heterocycles. The first-order valence-corrected chi connectivity index (χ1v) is 9.31. The molecule has 2 N–H and O–H groups in total. The molecule has 7 nitrogen and oxygen atoms in total. The summed E-state index contributed by atoms with van der Waals surface area (Å²) >= 11 is 0. The summed E-state index contributed by atoms with van der Waals surface area (Å²) in [5, 5.41) is 8.39. The Morgan fingerprint density at radius 2 is 1.75 bits per heavy atom. The summed E-state index contributed by atoms with van der Waals surface area (Å²) in [5.41, 5.74) is 6.45. The minimum atomic E-state index is 0.0301. The number of rotatable bonds is 2. The van der Waals surface area contributed by atoms with Crippen molar-refractivity contribution < 1.29 is 9.53 Å². The average molecular weight is 331 g/mol. The third-order valence-electron chi connectivity index (χ3n) is 6.58. The quantitative estimate of drug-likeness (QED) is 0.873. The van der Waals surface area contributed by atoms with E-state index in [0.717, 1.165) is 51.6 Å². The third kappa shape index (κ3) is 2.29. The van der Waals surface area contributed by atoms with Crippen LogP contribution in [0.4, 0.5) is 0 Å². The number of likely N-dealkylation sites (tertiary alicyclic amines) is 1. The fraction of sp³-hybridized carbons (Fsp3) is 0.824. The zero-order chi connectivity index (χ0) is 16.3. The zero-order valence-corrected chi connectivity index (χ0v) is 13.9. The van der Waals surface area contributed by atoms with Gasteiger partial charge in [0, 0.05) is 31.0 Å². The highest BCUT2D eigenvalue weighted by molar-refractivity contribution is 5.92. The Bertz CT molecular complexity index is 621. The molecule has 4 unspecified atom stereocenters. The predicted molar refractivity (Wildman–Crippen MR) is 86.3 cm³/mol. The maximum Gasteiger partial charge on any atom is 0.276 e. The number of nitrogens with zero attached hydrogens (tertiary/aromatic N) is 4. The number of carbonyl (C=O) groups is 1. The fourth-order valence-electron chi connectivity index (χ4n) is 5.21. The van der Waals surface area contributed by atoms with Crippen LogP contribution >= 0.6 is 0 Å². The summed E-state index contributed by atoms with van der Waals surface area (Å²) in [5.74, 6) is 1.09. The van der Waals surface area contributed by atoms with E-state index in [2.05, 4.69) is 10.3 Å². The van der Waals surface area contributed by atoms with Crippen molar-refractivity contribution in [2.75, 3.05) is 13.1 Å². The summed E-state index contributed by atoms with van der Waals surface area (Å²) in [6.45, 7) is 1.63. The predicted octanol–water partition coefficient (Wildman–Crippen LogP) is 0.970. The Balaban J connectivity index is 1.27. The van der Waals surface area contributed by atoms with Crippen LogP contribution in [0.1, 0.15) is 55.1 Å². The molecule has 24 heavy (non-hydrogen) atoms. The number of nitrogens with two attached hydrogens (primary N) is 1. The van der Waals surface area contributed by atoms with E-state index in [1.807, 2.05) is 15.8 Å². The van der Waals surface area contributed by atoms with Crippen LogP contribution in [0.2, 0.25) is 0 Å². The van der Waals surface area contributed by atoms with Crippen LogP contribution in [0.15, 0.2) is 6.20 Å². The van der Waals surface area contributed by atoms with Crippen LogP contribution in [0, 0.1) is 11.8 Å². The van der Waals surface area contributed by atoms with E-state index >= 15 is 0 Å². The van der Waals surface area contributed by atoms with Gasteiger partial charge in [-0.2, -0.15) is 0 Å². The van der Waals surface area contributed by atoms with Crippen LogP contribution in [0.3, 0.4) is 0 Å². The van der Waals surface area contributed by atoms with Gasteiger partial charge in [-0.3, -0.25) is 4.79 Å². The Hall–Kier alpha value is -1.47. The molecule has 1 aliphatic carbocycles. The second-order valence-corrected chi connectivity index (χ2v) is 7.98. The number of carbonyl (C=O) groups excluding carboxylic acids is 1. The lowest BCUT2D eigenvalue weighted by Gasteiger charge is -2.25. The molecule has 4 atom stereocenters. The molecule has 0 aromatic carbocycles. The van der Waals surface area contributed by atoms with Crippen LogP contribution in [0.25, 0.3) is 0 Å². The molecule has 2 bridgehead atoms. The highest BCUT2D eigenvalue weighted by Crippen LogP contribution is 2.47. The number of aromatic nitrogens is 3. The van der Waals surface area contributed by atoms with Crippen molar-refractivity contribution >= 4 is 5.91 Å². The highest BCUT2D eigenvalue weighted by atomic mass is 16.5. The van der Waals surface area contributed by atoms with Gasteiger partial charge in [-0.15, -0.1) is 5.10 Å². The van der Waals surface area contributed by atoms with Gasteiger partial charge in [0.2, 0.25) is 0 Å². The molecular weight excluding hydrogens is 306 g/mol. The largest absolute Gasteiger partial charge is 0.374 e. The molecule has 7 heteroatoms. The molecule has 0 radical (unpaired) electrons. The minimum absolute atomic E-state index is 0.0301. The van der Waals surface area contributed by atoms with Crippen molar-refractivity contribution in [3.05, 3.63) is 11.9 Å². The van der Waals surface area contributed by atoms with Crippen LogP contribution in [0.5, 0.6) is 0 Å². The number of hydrogen-bond acceptors (Lipinski definition) is 5. The maximum atomic E-state index is 12.8. The van der Waals surface area contributed by atoms with Gasteiger partial charge >= 0.3 is 0 Å². The van der Waals surface area contributed by atoms with E-state index in [0.29, 0.717) is 41.8 Å². The molecule has 3 saturated heterocycles. The van der Waals surface area contributed by atoms with Gasteiger partial charge in [0.15, 0.2) is 5.69 Å². The van der Waals surface area contributed by atoms with Crippen molar-refractivity contribution in [3.8, 4) is 0 Å². The van der Waals surface area contributed by atoms with Gasteiger partial charge in [-0.05, 0) is 38.5 Å². The van der Waals surface area contributed by atoms with Gasteiger partial charge in [0.25, 0.3) is 5.91 Å². The maximum absolute atomic E-state index is 12.8. The first kappa shape index (κ1) is 14.8. The topological polar surface area (TPSA) is 86.3 Å². The standard InChI is InChI=1S/C17H25N5O2/c18-10-1-3-11(4-2-10)22-9-14(19-20-22)17(23)21-7-12-13(8-21)16-6-5-15(12)24-16/h9-13,15-16H,1-8,18H2. The molecule has 3 aliphatic heterocycles. The lowest BCUT2D eigenvalue weighted by atomic mass is 9.82. The van der Waals surface area contributed by atoms with E-state index in [9.17, 15) is 4.79 Å². The SMILES string of the molecule is NC1CCC(n2cc(C(=O)N3CC4C5CCC(O5)C4C3)nn2)CC1. The molecule has 1 saturated carbocycles. The summed E-state index contributed by atoms with van der Waals surface area (Å²) in [6.07, 6.45) is 8.99. The Morgan fingerprint density at radius 1 is 1.08 bits per heavy atom. The summed E-state index contributed by atoms with van der Waals surface area (Å²) in [7, 11) is 0. The molecular formula is C17H25N5O2. The highest BCUT2D eigenvalue weighted by Gasteiger charge is 2.53. The van der Waals surface area contributed by atoms with Crippen LogP contribution in [-0.4, -0.2) is 57.1 Å². The zero-order valence-electron chi connectivity index (χ0n) is 13.9. The molecule has 4 aliphatic rings. The summed E-state index contributed by atoms with van der Waals surface area (Å²) in [4.78, 5) is 14.8. The molecule has 5 rings (SSSR count). The Kier molecular flexibility index (Phi) is 3.42. The number of fused-ring (bicyclic) bond motifs is 5. The molecule has 0 spiro atoms. The number of hydrogen-bond donors (Lipinski definition) is 1. The second kappa shape index (κ2) is 5.52. The van der Waals surface area contributed by atoms with E-state index < -0.39 is 0 Å². The normalized spacial score (nSPS) is 41.0. The van der Waals surface area contributed by atoms with Gasteiger partial charge in [0.1, 0.15) is 0 Å². The summed E-state index contributed by atoms with van der Waals surface area (Å²) in [6, 6.07) is 0.647. The summed E-state index contributed by atoms with van der Waals surface area (Å²) < 4.78 is 7.86. The molecule has 1 amide bonds. The van der Waals surface area contributed by atoms with Crippen molar-refractivity contribution in [1.29, 1.82) is 0 Å². The Morgan fingerprint density at radius 3 is 2.42 bits per heavy atom. The van der Waals surface area contributed by atoms with Crippen molar-refractivity contribution in [2.45, 2.75) is 62.8 Å². The van der Waals surface area contributed by atoms with Crippen LogP contribution in [-0.2, 0) is 4.74 Å². The molecule has 130 valence electrons. The van der Waals surface area contributed by atoms with E-state index in [4.69, 9.17) is 10.5 Å². The first-order chi connectivity index (χ1) is 11.7. The first-order valence-electron chi connectivity index (χ1n) is 9.31. The average Bonchev–Trinajstić information content (AvgIpc) is 3.34. The molecule has 4 fully saturated rings. The van der Waals surface area contributed by atoms with E-state index in [1.54, 1.807) is 0 Å². The van der Waals surface area contributed by atoms with Crippen molar-refractivity contribution in [2.24, 2.45) is 17.6 Å². The van der Waals surface area contributed by atoms with Gasteiger partial charge in [-0.1, -0.05) is 5.21 Å². The van der Waals surface area contributed by atoms with Crippen molar-refractivity contribution in [3.63, 3.8) is 0 Å². The Labute approximate surface area is 141 Å². The van der Waals surface area contributed by atoms with E-state index in [1.165, 1.54) is 0 Å². The smallest absolute Gasteiger partial charge is 0.276 e. The van der Waals surface area contributed by atoms with Crippen LogP contribution < -0.4 is 5.73 Å². The fourth-order valence-corrected chi connectivity index (χ4v) is 5.21. The minimum Gasteiger partial charge on any atom is -0.374 e.